The largest absolute Gasteiger partial charge is 0.397 e. The topological polar surface area (TPSA) is 79.8 Å². The molecule has 0 spiro atoms. The number of nitrogen functional groups attached to an aromatic ring is 1. The maximum atomic E-state index is 12.3. The van der Waals surface area contributed by atoms with Crippen LogP contribution >= 0.6 is 11.6 Å². The highest BCUT2D eigenvalue weighted by molar-refractivity contribution is 6.68. The van der Waals surface area contributed by atoms with E-state index < -0.39 is 23.1 Å². The van der Waals surface area contributed by atoms with Gasteiger partial charge in [-0.3, -0.25) is 4.79 Å². The summed E-state index contributed by atoms with van der Waals surface area (Å²) >= 11 is 5.12. The molecule has 1 heterocycles. The van der Waals surface area contributed by atoms with E-state index in [1.807, 2.05) is 0 Å². The minimum atomic E-state index is -2.91. The van der Waals surface area contributed by atoms with Gasteiger partial charge >= 0.3 is 0 Å². The summed E-state index contributed by atoms with van der Waals surface area (Å²) in [5.74, 6) is 0. The molecule has 4 nitrogen and oxygen atoms in total. The molecule has 0 radical (unpaired) electrons. The van der Waals surface area contributed by atoms with E-state index in [1.165, 1.54) is 6.07 Å². The van der Waals surface area contributed by atoms with Crippen LogP contribution in [0.4, 0.5) is 14.5 Å². The summed E-state index contributed by atoms with van der Waals surface area (Å²) in [4.78, 5) is 14.1. The lowest BCUT2D eigenvalue weighted by atomic mass is 10.1. The Balaban J connectivity index is 3.44. The third kappa shape index (κ3) is 2.19. The molecular formula is C8H4ClF2N3O. The Morgan fingerprint density at radius 2 is 2.27 bits per heavy atom. The molecule has 0 saturated heterocycles. The molecule has 0 amide bonds. The van der Waals surface area contributed by atoms with Crippen molar-refractivity contribution in [3.05, 3.63) is 23.0 Å². The number of nitrogens with zero attached hydrogens (tertiary/aromatic N) is 2. The summed E-state index contributed by atoms with van der Waals surface area (Å²) in [5, 5.41) is 7.59. The molecule has 0 aromatic carbocycles. The maximum absolute atomic E-state index is 12.3. The number of anilines is 1. The third-order valence-electron chi connectivity index (χ3n) is 1.61. The van der Waals surface area contributed by atoms with Crippen molar-refractivity contribution >= 4 is 22.5 Å². The van der Waals surface area contributed by atoms with Gasteiger partial charge < -0.3 is 5.73 Å². The third-order valence-corrected chi connectivity index (χ3v) is 1.81. The second kappa shape index (κ2) is 4.19. The van der Waals surface area contributed by atoms with Crippen LogP contribution in [0, 0.1) is 11.3 Å². The molecule has 0 aliphatic rings. The van der Waals surface area contributed by atoms with E-state index in [0.29, 0.717) is 0 Å². The number of aromatic nitrogens is 1. The van der Waals surface area contributed by atoms with Crippen LogP contribution in [0.25, 0.3) is 0 Å². The zero-order chi connectivity index (χ0) is 11.6. The number of halogens is 3. The van der Waals surface area contributed by atoms with Crippen molar-refractivity contribution in [1.82, 2.24) is 4.98 Å². The van der Waals surface area contributed by atoms with E-state index in [0.717, 1.165) is 6.07 Å². The fraction of sp³-hybridized carbons (Fsp3) is 0.125. The van der Waals surface area contributed by atoms with Crippen LogP contribution in [0.5, 0.6) is 0 Å². The predicted octanol–water partition coefficient (Wildman–Crippen LogP) is 1.85. The summed E-state index contributed by atoms with van der Waals surface area (Å²) < 4.78 is 24.6. The van der Waals surface area contributed by atoms with E-state index in [9.17, 15) is 13.6 Å². The standard InChI is InChI=1S/C8H4ClF2N3O/c9-7(15)3-1-4(13)6(8(10)11)14-5(3)2-12/h1,8H,13H2. The van der Waals surface area contributed by atoms with Gasteiger partial charge in [-0.1, -0.05) is 0 Å². The fourth-order valence-electron chi connectivity index (χ4n) is 0.953. The van der Waals surface area contributed by atoms with Gasteiger partial charge in [0.05, 0.1) is 11.3 Å². The number of nitriles is 1. The smallest absolute Gasteiger partial charge is 0.282 e. The first kappa shape index (κ1) is 11.3. The number of alkyl halides is 2. The van der Waals surface area contributed by atoms with Gasteiger partial charge in [-0.15, -0.1) is 0 Å². The summed E-state index contributed by atoms with van der Waals surface area (Å²) in [5.41, 5.74) is 3.39. The van der Waals surface area contributed by atoms with Crippen molar-refractivity contribution in [1.29, 1.82) is 5.26 Å². The van der Waals surface area contributed by atoms with Gasteiger partial charge in [-0.2, -0.15) is 5.26 Å². The molecule has 7 heteroatoms. The second-order valence-electron chi connectivity index (χ2n) is 2.55. The van der Waals surface area contributed by atoms with Gasteiger partial charge in [0.25, 0.3) is 11.7 Å². The molecule has 78 valence electrons. The van der Waals surface area contributed by atoms with E-state index in [1.54, 1.807) is 0 Å². The Hall–Kier alpha value is -1.74. The molecular weight excluding hydrogens is 228 g/mol. The van der Waals surface area contributed by atoms with Crippen molar-refractivity contribution in [2.45, 2.75) is 6.43 Å². The molecule has 0 aliphatic heterocycles. The van der Waals surface area contributed by atoms with Gasteiger partial charge in [0.1, 0.15) is 11.8 Å². The van der Waals surface area contributed by atoms with Gasteiger partial charge in [-0.05, 0) is 17.7 Å². The molecule has 0 saturated carbocycles. The lowest BCUT2D eigenvalue weighted by Gasteiger charge is -2.05. The first-order valence-corrected chi connectivity index (χ1v) is 4.03. The molecule has 0 bridgehead atoms. The Kier molecular flexibility index (Phi) is 3.17. The Morgan fingerprint density at radius 3 is 2.67 bits per heavy atom. The SMILES string of the molecule is N#Cc1nc(C(F)F)c(N)cc1C(=O)Cl. The number of carbonyl (C=O) groups is 1. The minimum absolute atomic E-state index is 0.277. The minimum Gasteiger partial charge on any atom is -0.397 e. The van der Waals surface area contributed by atoms with Crippen LogP contribution in [0.3, 0.4) is 0 Å². The maximum Gasteiger partial charge on any atom is 0.282 e. The number of hydrogen-bond donors (Lipinski definition) is 1. The van der Waals surface area contributed by atoms with Crippen molar-refractivity contribution < 1.29 is 13.6 Å². The van der Waals surface area contributed by atoms with Crippen molar-refractivity contribution in [2.24, 2.45) is 0 Å². The Bertz CT molecular complexity index is 456. The highest BCUT2D eigenvalue weighted by Crippen LogP contribution is 2.25. The van der Waals surface area contributed by atoms with Crippen molar-refractivity contribution in [2.75, 3.05) is 5.73 Å². The number of carbonyl (C=O) groups excluding carboxylic acids is 1. The number of hydrogen-bond acceptors (Lipinski definition) is 4. The second-order valence-corrected chi connectivity index (χ2v) is 2.89. The number of rotatable bonds is 2. The van der Waals surface area contributed by atoms with E-state index >= 15 is 0 Å². The van der Waals surface area contributed by atoms with Crippen LogP contribution < -0.4 is 5.73 Å². The molecule has 0 atom stereocenters. The summed E-state index contributed by atoms with van der Waals surface area (Å²) in [6.45, 7) is 0. The van der Waals surface area contributed by atoms with Gasteiger partial charge in [0, 0.05) is 0 Å². The predicted molar refractivity (Wildman–Crippen MR) is 48.5 cm³/mol. The molecule has 0 aliphatic carbocycles. The average molecular weight is 232 g/mol. The lowest BCUT2D eigenvalue weighted by Crippen LogP contribution is -2.06. The molecule has 0 unspecified atom stereocenters. The van der Waals surface area contributed by atoms with Crippen molar-refractivity contribution in [3.8, 4) is 6.07 Å². The average Bonchev–Trinajstić information content (AvgIpc) is 2.16. The molecule has 0 fully saturated rings. The first-order valence-electron chi connectivity index (χ1n) is 3.66. The zero-order valence-corrected chi connectivity index (χ0v) is 7.92. The molecule has 1 aromatic heterocycles. The molecule has 1 rings (SSSR count). The number of pyridine rings is 1. The summed E-state index contributed by atoms with van der Waals surface area (Å²) in [7, 11) is 0. The van der Waals surface area contributed by atoms with E-state index in [4.69, 9.17) is 22.6 Å². The molecule has 1 aromatic rings. The van der Waals surface area contributed by atoms with E-state index in [2.05, 4.69) is 4.98 Å². The lowest BCUT2D eigenvalue weighted by molar-refractivity contribution is 0.107. The quantitative estimate of drug-likeness (QED) is 0.788. The normalized spacial score (nSPS) is 10.1. The van der Waals surface area contributed by atoms with Gasteiger partial charge in [0.15, 0.2) is 5.69 Å². The van der Waals surface area contributed by atoms with Crippen LogP contribution in [-0.4, -0.2) is 10.2 Å². The Morgan fingerprint density at radius 1 is 1.67 bits per heavy atom. The summed E-state index contributed by atoms with van der Waals surface area (Å²) in [6, 6.07) is 2.41. The van der Waals surface area contributed by atoms with Crippen molar-refractivity contribution in [3.63, 3.8) is 0 Å². The van der Waals surface area contributed by atoms with Gasteiger partial charge in [-0.25, -0.2) is 13.8 Å². The molecule has 15 heavy (non-hydrogen) atoms. The Labute approximate surface area is 88.3 Å². The van der Waals surface area contributed by atoms with E-state index in [-0.39, 0.29) is 11.3 Å². The van der Waals surface area contributed by atoms with Gasteiger partial charge in [0.2, 0.25) is 0 Å². The fourth-order valence-corrected chi connectivity index (χ4v) is 1.10. The van der Waals surface area contributed by atoms with Crippen LogP contribution in [0.1, 0.15) is 28.2 Å². The number of nitrogens with two attached hydrogens (primary N) is 1. The monoisotopic (exact) mass is 231 g/mol. The highest BCUT2D eigenvalue weighted by atomic mass is 35.5. The zero-order valence-electron chi connectivity index (χ0n) is 7.17. The molecule has 2 N–H and O–H groups in total. The van der Waals surface area contributed by atoms with Crippen LogP contribution in [0.2, 0.25) is 0 Å². The first-order chi connectivity index (χ1) is 6.97. The summed E-state index contributed by atoms with van der Waals surface area (Å²) in [6.07, 6.45) is -2.91. The highest BCUT2D eigenvalue weighted by Gasteiger charge is 2.19. The van der Waals surface area contributed by atoms with Crippen LogP contribution in [0.15, 0.2) is 6.07 Å². The van der Waals surface area contributed by atoms with Crippen LogP contribution in [-0.2, 0) is 0 Å².